The summed E-state index contributed by atoms with van der Waals surface area (Å²) in [6.45, 7) is 3.76. The fraction of sp³-hybridized carbons (Fsp3) is 0.389. The van der Waals surface area contributed by atoms with Crippen LogP contribution in [0, 0.1) is 12.8 Å². The Bertz CT molecular complexity index is 753. The van der Waals surface area contributed by atoms with E-state index in [-0.39, 0.29) is 17.7 Å². The van der Waals surface area contributed by atoms with Gasteiger partial charge in [-0.3, -0.25) is 14.6 Å². The number of hydrogen-bond donors (Lipinski definition) is 1. The van der Waals surface area contributed by atoms with Gasteiger partial charge in [0.25, 0.3) is 5.91 Å². The zero-order valence-electron chi connectivity index (χ0n) is 14.0. The highest BCUT2D eigenvalue weighted by Gasteiger charge is 2.27. The van der Waals surface area contributed by atoms with Gasteiger partial charge in [0.1, 0.15) is 5.69 Å². The summed E-state index contributed by atoms with van der Waals surface area (Å²) < 4.78 is 2.13. The molecule has 0 saturated heterocycles. The molecule has 0 radical (unpaired) electrons. The van der Waals surface area contributed by atoms with Gasteiger partial charge in [-0.15, -0.1) is 0 Å². The predicted molar refractivity (Wildman–Crippen MR) is 90.3 cm³/mol. The first kappa shape index (κ1) is 16.2. The van der Waals surface area contributed by atoms with Crippen LogP contribution in [-0.2, 0) is 17.9 Å². The Morgan fingerprint density at radius 3 is 2.92 bits per heavy atom. The number of aryl methyl sites for hydroxylation is 1. The van der Waals surface area contributed by atoms with Gasteiger partial charge in [-0.05, 0) is 36.8 Å². The third kappa shape index (κ3) is 3.48. The fourth-order valence-corrected chi connectivity index (χ4v) is 3.14. The number of hydrogen-bond acceptors (Lipinski definition) is 3. The second-order valence-electron chi connectivity index (χ2n) is 6.30. The van der Waals surface area contributed by atoms with Crippen molar-refractivity contribution in [1.29, 1.82) is 0 Å². The molecule has 2 amide bonds. The monoisotopic (exact) mass is 326 g/mol. The molecule has 3 rings (SSSR count). The maximum atomic E-state index is 12.9. The molecule has 2 aromatic rings. The molecule has 1 aliphatic heterocycles. The van der Waals surface area contributed by atoms with Gasteiger partial charge in [-0.1, -0.05) is 0 Å². The lowest BCUT2D eigenvalue weighted by Gasteiger charge is -2.23. The van der Waals surface area contributed by atoms with Crippen LogP contribution in [0.1, 0.15) is 28.2 Å². The van der Waals surface area contributed by atoms with Crippen LogP contribution < -0.4 is 5.32 Å². The van der Waals surface area contributed by atoms with E-state index in [1.54, 1.807) is 24.2 Å². The van der Waals surface area contributed by atoms with Gasteiger partial charge in [-0.25, -0.2) is 0 Å². The van der Waals surface area contributed by atoms with E-state index in [1.807, 2.05) is 31.3 Å². The highest BCUT2D eigenvalue weighted by molar-refractivity contribution is 5.92. The molecule has 0 bridgehead atoms. The first-order chi connectivity index (χ1) is 11.6. The molecule has 24 heavy (non-hydrogen) atoms. The van der Waals surface area contributed by atoms with Gasteiger partial charge in [0.15, 0.2) is 0 Å². The number of amides is 2. The van der Waals surface area contributed by atoms with E-state index in [1.165, 1.54) is 0 Å². The van der Waals surface area contributed by atoms with Crippen LogP contribution >= 0.6 is 0 Å². The summed E-state index contributed by atoms with van der Waals surface area (Å²) in [6, 6.07) is 7.68. The third-order valence-corrected chi connectivity index (χ3v) is 4.38. The van der Waals surface area contributed by atoms with Crippen molar-refractivity contribution in [1.82, 2.24) is 19.8 Å². The Hall–Kier alpha value is -2.63. The summed E-state index contributed by atoms with van der Waals surface area (Å²) in [5, 5.41) is 2.67. The van der Waals surface area contributed by atoms with E-state index in [9.17, 15) is 9.59 Å². The smallest absolute Gasteiger partial charge is 0.272 e. The molecule has 1 atom stereocenters. The third-order valence-electron chi connectivity index (χ3n) is 4.38. The highest BCUT2D eigenvalue weighted by atomic mass is 16.2. The van der Waals surface area contributed by atoms with E-state index >= 15 is 0 Å². The van der Waals surface area contributed by atoms with Crippen molar-refractivity contribution in [3.05, 3.63) is 53.6 Å². The lowest BCUT2D eigenvalue weighted by atomic mass is 10.0. The normalized spacial score (nSPS) is 17.1. The average molecular weight is 326 g/mol. The summed E-state index contributed by atoms with van der Waals surface area (Å²) in [6.07, 6.45) is 4.06. The molecular formula is C18H22N4O2. The van der Waals surface area contributed by atoms with Crippen molar-refractivity contribution in [3.8, 4) is 0 Å². The first-order valence-electron chi connectivity index (χ1n) is 8.13. The zero-order chi connectivity index (χ0) is 17.1. The molecular weight excluding hydrogens is 304 g/mol. The van der Waals surface area contributed by atoms with Crippen molar-refractivity contribution in [2.24, 2.45) is 5.92 Å². The average Bonchev–Trinajstić information content (AvgIpc) is 2.92. The van der Waals surface area contributed by atoms with Gasteiger partial charge in [-0.2, -0.15) is 0 Å². The van der Waals surface area contributed by atoms with Crippen molar-refractivity contribution in [3.63, 3.8) is 0 Å². The number of nitrogens with one attached hydrogen (secondary N) is 1. The quantitative estimate of drug-likeness (QED) is 0.931. The molecule has 6 heteroatoms. The number of carbonyl (C=O) groups excluding carboxylic acids is 2. The number of fused-ring (bicyclic) bond motifs is 1. The van der Waals surface area contributed by atoms with Gasteiger partial charge >= 0.3 is 0 Å². The largest absolute Gasteiger partial charge is 0.359 e. The Morgan fingerprint density at radius 2 is 2.17 bits per heavy atom. The number of pyridine rings is 1. The molecule has 0 saturated carbocycles. The molecule has 0 fully saturated rings. The predicted octanol–water partition coefficient (Wildman–Crippen LogP) is 1.60. The second kappa shape index (κ2) is 6.86. The van der Waals surface area contributed by atoms with E-state index in [0.717, 1.165) is 17.8 Å². The van der Waals surface area contributed by atoms with Crippen molar-refractivity contribution < 1.29 is 9.59 Å². The zero-order valence-corrected chi connectivity index (χ0v) is 14.0. The SMILES string of the molecule is CNC(=O)C[C@H]1CN(C(=O)c2cc(C)ccn2)Cc2cccn2C1. The van der Waals surface area contributed by atoms with Crippen molar-refractivity contribution >= 4 is 11.8 Å². The summed E-state index contributed by atoms with van der Waals surface area (Å²) in [5.41, 5.74) is 2.54. The Morgan fingerprint density at radius 1 is 1.33 bits per heavy atom. The first-order valence-corrected chi connectivity index (χ1v) is 8.13. The van der Waals surface area contributed by atoms with Crippen molar-refractivity contribution in [2.45, 2.75) is 26.4 Å². The van der Waals surface area contributed by atoms with Gasteiger partial charge in [0.05, 0.1) is 6.54 Å². The summed E-state index contributed by atoms with van der Waals surface area (Å²) in [7, 11) is 1.64. The molecule has 0 spiro atoms. The van der Waals surface area contributed by atoms with Gasteiger partial charge in [0.2, 0.25) is 5.91 Å². The molecule has 1 N–H and O–H groups in total. The van der Waals surface area contributed by atoms with E-state index in [2.05, 4.69) is 14.9 Å². The Labute approximate surface area is 141 Å². The molecule has 0 aromatic carbocycles. The number of rotatable bonds is 3. The van der Waals surface area contributed by atoms with Crippen LogP contribution in [0.4, 0.5) is 0 Å². The summed E-state index contributed by atoms with van der Waals surface area (Å²) in [4.78, 5) is 30.7. The number of aromatic nitrogens is 2. The Kier molecular flexibility index (Phi) is 4.64. The maximum Gasteiger partial charge on any atom is 0.272 e. The lowest BCUT2D eigenvalue weighted by molar-refractivity contribution is -0.121. The number of carbonyl (C=O) groups is 2. The van der Waals surface area contributed by atoms with E-state index in [4.69, 9.17) is 0 Å². The van der Waals surface area contributed by atoms with Crippen LogP contribution in [-0.4, -0.2) is 39.9 Å². The molecule has 126 valence electrons. The molecule has 6 nitrogen and oxygen atoms in total. The van der Waals surface area contributed by atoms with Crippen LogP contribution in [0.3, 0.4) is 0 Å². The van der Waals surface area contributed by atoms with E-state index < -0.39 is 0 Å². The minimum Gasteiger partial charge on any atom is -0.359 e. The summed E-state index contributed by atoms with van der Waals surface area (Å²) in [5.74, 6) is -0.0145. The van der Waals surface area contributed by atoms with Crippen LogP contribution in [0.5, 0.6) is 0 Å². The molecule has 3 heterocycles. The number of nitrogens with zero attached hydrogens (tertiary/aromatic N) is 3. The second-order valence-corrected chi connectivity index (χ2v) is 6.30. The Balaban J connectivity index is 1.86. The fourth-order valence-electron chi connectivity index (χ4n) is 3.14. The standard InChI is InChI=1S/C18H22N4O2/c1-13-5-6-20-16(8-13)18(24)22-11-14(9-17(23)19-2)10-21-7-3-4-15(21)12-22/h3-8,14H,9-12H2,1-2H3,(H,19,23)/t14-/m1/s1. The molecule has 2 aromatic heterocycles. The molecule has 0 unspecified atom stereocenters. The highest BCUT2D eigenvalue weighted by Crippen LogP contribution is 2.21. The minimum atomic E-state index is -0.0877. The van der Waals surface area contributed by atoms with Gasteiger partial charge < -0.3 is 14.8 Å². The van der Waals surface area contributed by atoms with E-state index in [0.29, 0.717) is 25.2 Å². The van der Waals surface area contributed by atoms with Crippen LogP contribution in [0.2, 0.25) is 0 Å². The molecule has 1 aliphatic rings. The minimum absolute atomic E-state index is 0.00307. The lowest BCUT2D eigenvalue weighted by Crippen LogP contribution is -2.36. The molecule has 0 aliphatic carbocycles. The topological polar surface area (TPSA) is 67.2 Å². The maximum absolute atomic E-state index is 12.9. The van der Waals surface area contributed by atoms with Crippen LogP contribution in [0.25, 0.3) is 0 Å². The van der Waals surface area contributed by atoms with Crippen molar-refractivity contribution in [2.75, 3.05) is 13.6 Å². The van der Waals surface area contributed by atoms with Gasteiger partial charge in [0, 0.05) is 50.6 Å². The summed E-state index contributed by atoms with van der Waals surface area (Å²) >= 11 is 0. The van der Waals surface area contributed by atoms with Crippen LogP contribution in [0.15, 0.2) is 36.7 Å².